The summed E-state index contributed by atoms with van der Waals surface area (Å²) in [7, 11) is 0. The highest BCUT2D eigenvalue weighted by atomic mass is 79.9. The number of aryl methyl sites for hydroxylation is 1. The quantitative estimate of drug-likeness (QED) is 0.479. The monoisotopic (exact) mass is 618 g/mol. The molecule has 0 aromatic heterocycles. The number of urea groups is 1. The van der Waals surface area contributed by atoms with Gasteiger partial charge in [-0.15, -0.1) is 0 Å². The van der Waals surface area contributed by atoms with Crippen LogP contribution in [0.1, 0.15) is 61.1 Å². The number of hydrogen-bond acceptors (Lipinski definition) is 3. The molecule has 0 bridgehead atoms. The molecule has 0 saturated carbocycles. The van der Waals surface area contributed by atoms with Gasteiger partial charge >= 0.3 is 6.03 Å². The van der Waals surface area contributed by atoms with Crippen molar-refractivity contribution < 1.29 is 9.59 Å². The number of piperidine rings is 2. The Hall–Kier alpha value is -1.80. The highest BCUT2D eigenvalue weighted by molar-refractivity contribution is 9.12. The predicted octanol–water partition coefficient (Wildman–Crippen LogP) is 5.34. The molecule has 3 aliphatic heterocycles. The topological polar surface area (TPSA) is 78.7 Å². The standard InChI is InChI=1S/C28H36Br2N4O2/c1-17-2-4-22-23(26(17)30)5-3-20-15-21(29)16-32-27(20)25(22)19-8-12-33(13-9-19)24(35)14-18-6-10-34(11-7-18)28(31)36/h2,4,15-16,18-19,25,27,32H,3,5-14H2,1H3,(H2,31,36). The number of nitrogens with one attached hydrogen (secondary N) is 1. The smallest absolute Gasteiger partial charge is 0.314 e. The first-order valence-corrected chi connectivity index (χ1v) is 14.8. The van der Waals surface area contributed by atoms with Crippen LogP contribution in [-0.4, -0.2) is 54.0 Å². The first-order valence-electron chi connectivity index (χ1n) is 13.2. The van der Waals surface area contributed by atoms with Gasteiger partial charge in [-0.1, -0.05) is 28.1 Å². The molecule has 3 heterocycles. The van der Waals surface area contributed by atoms with Crippen LogP contribution in [0.25, 0.3) is 0 Å². The second-order valence-electron chi connectivity index (χ2n) is 10.9. The van der Waals surface area contributed by atoms with E-state index in [9.17, 15) is 9.59 Å². The maximum Gasteiger partial charge on any atom is 0.314 e. The van der Waals surface area contributed by atoms with Crippen molar-refractivity contribution >= 4 is 43.8 Å². The number of carbonyl (C=O) groups excluding carboxylic acids is 2. The highest BCUT2D eigenvalue weighted by Crippen LogP contribution is 2.46. The summed E-state index contributed by atoms with van der Waals surface area (Å²) >= 11 is 7.58. The van der Waals surface area contributed by atoms with E-state index in [0.717, 1.165) is 56.1 Å². The number of benzene rings is 1. The zero-order valence-electron chi connectivity index (χ0n) is 20.9. The fourth-order valence-electron chi connectivity index (χ4n) is 6.68. The summed E-state index contributed by atoms with van der Waals surface area (Å²) in [6, 6.07) is 4.55. The van der Waals surface area contributed by atoms with Crippen LogP contribution in [-0.2, 0) is 11.2 Å². The molecule has 3 N–H and O–H groups in total. The van der Waals surface area contributed by atoms with Gasteiger partial charge in [0.05, 0.1) is 6.04 Å². The molecule has 194 valence electrons. The summed E-state index contributed by atoms with van der Waals surface area (Å²) < 4.78 is 2.36. The summed E-state index contributed by atoms with van der Waals surface area (Å²) in [5.74, 6) is 1.53. The molecule has 0 spiro atoms. The van der Waals surface area contributed by atoms with E-state index in [4.69, 9.17) is 5.73 Å². The van der Waals surface area contributed by atoms with Crippen LogP contribution in [0, 0.1) is 18.8 Å². The third-order valence-corrected chi connectivity index (χ3v) is 10.3. The third-order valence-electron chi connectivity index (χ3n) is 8.77. The zero-order chi connectivity index (χ0) is 25.4. The molecule has 3 amide bonds. The van der Waals surface area contributed by atoms with Crippen molar-refractivity contribution in [2.24, 2.45) is 17.6 Å². The average Bonchev–Trinajstić information content (AvgIpc) is 3.03. The van der Waals surface area contributed by atoms with Gasteiger partial charge in [-0.2, -0.15) is 0 Å². The van der Waals surface area contributed by atoms with Crippen LogP contribution < -0.4 is 11.1 Å². The summed E-state index contributed by atoms with van der Waals surface area (Å²) in [5.41, 5.74) is 11.1. The molecule has 1 aliphatic carbocycles. The van der Waals surface area contributed by atoms with Gasteiger partial charge in [-0.05, 0) is 102 Å². The van der Waals surface area contributed by atoms with E-state index in [2.05, 4.69) is 73.4 Å². The lowest BCUT2D eigenvalue weighted by Crippen LogP contribution is -2.45. The number of primary amides is 1. The molecular weight excluding hydrogens is 584 g/mol. The van der Waals surface area contributed by atoms with Gasteiger partial charge in [0.15, 0.2) is 0 Å². The molecule has 5 rings (SSSR count). The fraction of sp³-hybridized carbons (Fsp3) is 0.571. The molecule has 4 aliphatic rings. The number of carbonyl (C=O) groups is 2. The molecule has 2 saturated heterocycles. The van der Waals surface area contributed by atoms with Crippen molar-refractivity contribution in [3.05, 3.63) is 55.6 Å². The number of dihydropyridines is 1. The van der Waals surface area contributed by atoms with E-state index < -0.39 is 0 Å². The fourth-order valence-corrected chi connectivity index (χ4v) is 7.67. The maximum absolute atomic E-state index is 13.1. The van der Waals surface area contributed by atoms with Gasteiger partial charge in [0, 0.05) is 53.7 Å². The molecule has 6 nitrogen and oxygen atoms in total. The Bertz CT molecular complexity index is 1090. The second kappa shape index (κ2) is 10.9. The number of rotatable bonds is 3. The summed E-state index contributed by atoms with van der Waals surface area (Å²) in [6.45, 7) is 5.16. The van der Waals surface area contributed by atoms with Crippen LogP contribution in [0.3, 0.4) is 0 Å². The second-order valence-corrected chi connectivity index (χ2v) is 12.6. The van der Waals surface area contributed by atoms with E-state index >= 15 is 0 Å². The number of fused-ring (bicyclic) bond motifs is 2. The number of nitrogens with two attached hydrogens (primary N) is 1. The highest BCUT2D eigenvalue weighted by Gasteiger charge is 2.39. The van der Waals surface area contributed by atoms with Crippen LogP contribution in [0.15, 0.2) is 38.9 Å². The lowest BCUT2D eigenvalue weighted by Gasteiger charge is -2.41. The SMILES string of the molecule is Cc1ccc2c(c1Br)CCC1=CC(Br)=CNC1C2C1CCN(C(=O)CC2CCN(C(N)=O)CC2)CC1. The normalized spacial score (nSPS) is 25.2. The van der Waals surface area contributed by atoms with E-state index in [1.165, 1.54) is 26.7 Å². The molecular formula is C28H36Br2N4O2. The number of nitrogens with zero attached hydrogens (tertiary/aromatic N) is 2. The summed E-state index contributed by atoms with van der Waals surface area (Å²) in [5, 5.41) is 3.72. The largest absolute Gasteiger partial charge is 0.383 e. The van der Waals surface area contributed by atoms with Crippen molar-refractivity contribution in [2.75, 3.05) is 26.2 Å². The minimum absolute atomic E-state index is 0.272. The Morgan fingerprint density at radius 2 is 1.72 bits per heavy atom. The molecule has 2 unspecified atom stereocenters. The minimum Gasteiger partial charge on any atom is -0.383 e. The van der Waals surface area contributed by atoms with Crippen LogP contribution in [0.5, 0.6) is 0 Å². The third kappa shape index (κ3) is 5.26. The molecule has 8 heteroatoms. The first kappa shape index (κ1) is 25.8. The molecule has 2 fully saturated rings. The number of halogens is 2. The first-order chi connectivity index (χ1) is 17.3. The summed E-state index contributed by atoms with van der Waals surface area (Å²) in [4.78, 5) is 28.3. The van der Waals surface area contributed by atoms with E-state index in [-0.39, 0.29) is 11.9 Å². The van der Waals surface area contributed by atoms with Crippen molar-refractivity contribution in [3.8, 4) is 0 Å². The Labute approximate surface area is 231 Å². The van der Waals surface area contributed by atoms with Gasteiger partial charge in [0.2, 0.25) is 5.91 Å². The molecule has 0 radical (unpaired) electrons. The number of amides is 3. The molecule has 2 atom stereocenters. The van der Waals surface area contributed by atoms with Gasteiger partial charge in [0.1, 0.15) is 0 Å². The average molecular weight is 620 g/mol. The van der Waals surface area contributed by atoms with Crippen molar-refractivity contribution in [3.63, 3.8) is 0 Å². The lowest BCUT2D eigenvalue weighted by molar-refractivity contribution is -0.134. The van der Waals surface area contributed by atoms with Gasteiger partial charge in [0.25, 0.3) is 0 Å². The number of allylic oxidation sites excluding steroid dienone is 2. The molecule has 1 aromatic carbocycles. The van der Waals surface area contributed by atoms with Gasteiger partial charge < -0.3 is 20.9 Å². The summed E-state index contributed by atoms with van der Waals surface area (Å²) in [6.07, 6.45) is 10.9. The van der Waals surface area contributed by atoms with E-state index in [1.54, 1.807) is 4.90 Å². The van der Waals surface area contributed by atoms with Crippen molar-refractivity contribution in [2.45, 2.75) is 63.8 Å². The van der Waals surface area contributed by atoms with E-state index in [0.29, 0.717) is 43.3 Å². The number of likely N-dealkylation sites (tertiary alicyclic amines) is 2. The zero-order valence-corrected chi connectivity index (χ0v) is 24.1. The Kier molecular flexibility index (Phi) is 7.82. The van der Waals surface area contributed by atoms with Crippen LogP contribution in [0.2, 0.25) is 0 Å². The van der Waals surface area contributed by atoms with Crippen LogP contribution >= 0.6 is 31.9 Å². The van der Waals surface area contributed by atoms with Crippen molar-refractivity contribution in [1.82, 2.24) is 15.1 Å². The molecule has 1 aromatic rings. The number of hydrogen-bond donors (Lipinski definition) is 2. The van der Waals surface area contributed by atoms with Gasteiger partial charge in [-0.3, -0.25) is 4.79 Å². The van der Waals surface area contributed by atoms with E-state index in [1.807, 2.05) is 0 Å². The van der Waals surface area contributed by atoms with Crippen LogP contribution in [0.4, 0.5) is 4.79 Å². The lowest BCUT2D eigenvalue weighted by atomic mass is 9.73. The minimum atomic E-state index is -0.350. The molecule has 36 heavy (non-hydrogen) atoms. The van der Waals surface area contributed by atoms with Crippen molar-refractivity contribution in [1.29, 1.82) is 0 Å². The van der Waals surface area contributed by atoms with Gasteiger partial charge in [-0.25, -0.2) is 4.79 Å². The maximum atomic E-state index is 13.1. The Morgan fingerprint density at radius 1 is 1.03 bits per heavy atom. The Morgan fingerprint density at radius 3 is 2.42 bits per heavy atom. The Balaban J connectivity index is 1.28. The predicted molar refractivity (Wildman–Crippen MR) is 150 cm³/mol.